The molecule has 3 N–H and O–H groups in total. The summed E-state index contributed by atoms with van der Waals surface area (Å²) in [6.07, 6.45) is -0.0404. The average molecular weight is 328 g/mol. The van der Waals surface area contributed by atoms with Gasteiger partial charge in [0.25, 0.3) is 5.91 Å². The second kappa shape index (κ2) is 8.12. The van der Waals surface area contributed by atoms with Crippen molar-refractivity contribution in [2.75, 3.05) is 14.2 Å². The van der Waals surface area contributed by atoms with Crippen molar-refractivity contribution < 1.29 is 19.1 Å². The summed E-state index contributed by atoms with van der Waals surface area (Å²) in [5.41, 5.74) is 7.17. The number of nitrogens with two attached hydrogens (primary N) is 1. The second-order valence-electron chi connectivity index (χ2n) is 5.16. The van der Waals surface area contributed by atoms with Crippen molar-refractivity contribution in [1.29, 1.82) is 0 Å². The summed E-state index contributed by atoms with van der Waals surface area (Å²) in [6.45, 7) is 0. The number of ether oxygens (including phenoxy) is 2. The monoisotopic (exact) mass is 328 g/mol. The minimum Gasteiger partial charge on any atom is -0.497 e. The molecule has 126 valence electrons. The molecule has 6 nitrogen and oxygen atoms in total. The molecule has 1 unspecified atom stereocenters. The molecule has 0 heterocycles. The summed E-state index contributed by atoms with van der Waals surface area (Å²) in [5.74, 6) is 0.263. The Hall–Kier alpha value is -2.86. The van der Waals surface area contributed by atoms with E-state index in [-0.39, 0.29) is 6.42 Å². The summed E-state index contributed by atoms with van der Waals surface area (Å²) < 4.78 is 10.4. The molecule has 0 aliphatic carbocycles. The maximum Gasteiger partial charge on any atom is 0.257 e. The standard InChI is InChI=1S/C18H20N2O4/c1-23-13-8-9-14(16(10-13)24-2)15(19)11-17(21)20-18(22)12-6-4-3-5-7-12/h3-10,15H,11,19H2,1-2H3,(H,20,21,22). The van der Waals surface area contributed by atoms with Crippen molar-refractivity contribution in [3.63, 3.8) is 0 Å². The molecule has 24 heavy (non-hydrogen) atoms. The van der Waals surface area contributed by atoms with Gasteiger partial charge in [-0.05, 0) is 18.2 Å². The second-order valence-corrected chi connectivity index (χ2v) is 5.16. The van der Waals surface area contributed by atoms with Crippen LogP contribution in [-0.2, 0) is 4.79 Å². The molecule has 2 aromatic carbocycles. The maximum atomic E-state index is 12.1. The van der Waals surface area contributed by atoms with E-state index < -0.39 is 17.9 Å². The highest BCUT2D eigenvalue weighted by Crippen LogP contribution is 2.29. The third-order valence-electron chi connectivity index (χ3n) is 3.53. The lowest BCUT2D eigenvalue weighted by Crippen LogP contribution is -2.32. The summed E-state index contributed by atoms with van der Waals surface area (Å²) in [5, 5.41) is 2.33. The van der Waals surface area contributed by atoms with E-state index in [1.807, 2.05) is 0 Å². The van der Waals surface area contributed by atoms with Gasteiger partial charge in [-0.15, -0.1) is 0 Å². The van der Waals surface area contributed by atoms with E-state index in [1.54, 1.807) is 55.6 Å². The Balaban J connectivity index is 2.02. The van der Waals surface area contributed by atoms with Crippen LogP contribution in [0.25, 0.3) is 0 Å². The summed E-state index contributed by atoms with van der Waals surface area (Å²) in [4.78, 5) is 24.0. The lowest BCUT2D eigenvalue weighted by molar-refractivity contribution is -0.120. The Labute approximate surface area is 140 Å². The molecule has 0 spiro atoms. The smallest absolute Gasteiger partial charge is 0.257 e. The van der Waals surface area contributed by atoms with Gasteiger partial charge in [-0.2, -0.15) is 0 Å². The summed E-state index contributed by atoms with van der Waals surface area (Å²) in [7, 11) is 3.07. The highest BCUT2D eigenvalue weighted by Gasteiger charge is 2.18. The van der Waals surface area contributed by atoms with E-state index in [0.29, 0.717) is 22.6 Å². The first-order chi connectivity index (χ1) is 11.5. The van der Waals surface area contributed by atoms with Crippen LogP contribution in [0.4, 0.5) is 0 Å². The van der Waals surface area contributed by atoms with Gasteiger partial charge < -0.3 is 15.2 Å². The number of carbonyl (C=O) groups is 2. The molecule has 1 atom stereocenters. The van der Waals surface area contributed by atoms with Crippen LogP contribution in [0.3, 0.4) is 0 Å². The third kappa shape index (κ3) is 4.33. The zero-order chi connectivity index (χ0) is 17.5. The third-order valence-corrected chi connectivity index (χ3v) is 3.53. The number of hydrogen-bond donors (Lipinski definition) is 2. The molecule has 0 aliphatic heterocycles. The van der Waals surface area contributed by atoms with Gasteiger partial charge in [0, 0.05) is 29.7 Å². The minimum absolute atomic E-state index is 0.0404. The van der Waals surface area contributed by atoms with E-state index in [1.165, 1.54) is 7.11 Å². The van der Waals surface area contributed by atoms with Gasteiger partial charge >= 0.3 is 0 Å². The van der Waals surface area contributed by atoms with Crippen LogP contribution in [0.1, 0.15) is 28.4 Å². The van der Waals surface area contributed by atoms with Crippen LogP contribution in [0.15, 0.2) is 48.5 Å². The van der Waals surface area contributed by atoms with Crippen LogP contribution in [0, 0.1) is 0 Å². The van der Waals surface area contributed by atoms with E-state index in [2.05, 4.69) is 5.32 Å². The number of rotatable bonds is 6. The molecular formula is C18H20N2O4. The van der Waals surface area contributed by atoms with Crippen molar-refractivity contribution in [1.82, 2.24) is 5.32 Å². The molecular weight excluding hydrogens is 308 g/mol. The zero-order valence-electron chi connectivity index (χ0n) is 13.6. The highest BCUT2D eigenvalue weighted by atomic mass is 16.5. The highest BCUT2D eigenvalue weighted by molar-refractivity contribution is 6.04. The average Bonchev–Trinajstić information content (AvgIpc) is 2.61. The fourth-order valence-electron chi connectivity index (χ4n) is 2.27. The van der Waals surface area contributed by atoms with E-state index in [0.717, 1.165) is 0 Å². The summed E-state index contributed by atoms with van der Waals surface area (Å²) >= 11 is 0. The lowest BCUT2D eigenvalue weighted by atomic mass is 10.0. The van der Waals surface area contributed by atoms with Crippen molar-refractivity contribution in [3.8, 4) is 11.5 Å². The van der Waals surface area contributed by atoms with E-state index in [9.17, 15) is 9.59 Å². The molecule has 2 aromatic rings. The fraction of sp³-hybridized carbons (Fsp3) is 0.222. The van der Waals surface area contributed by atoms with Crippen molar-refractivity contribution >= 4 is 11.8 Å². The molecule has 0 aromatic heterocycles. The number of imide groups is 1. The number of methoxy groups -OCH3 is 2. The quantitative estimate of drug-likeness (QED) is 0.847. The molecule has 2 rings (SSSR count). The minimum atomic E-state index is -0.602. The van der Waals surface area contributed by atoms with Crippen LogP contribution in [0.2, 0.25) is 0 Å². The Morgan fingerprint density at radius 2 is 1.79 bits per heavy atom. The van der Waals surface area contributed by atoms with Gasteiger partial charge in [-0.1, -0.05) is 24.3 Å². The molecule has 6 heteroatoms. The number of benzene rings is 2. The first-order valence-electron chi connectivity index (χ1n) is 7.42. The molecule has 0 aliphatic rings. The number of nitrogens with one attached hydrogen (secondary N) is 1. The number of amides is 2. The fourth-order valence-corrected chi connectivity index (χ4v) is 2.27. The Morgan fingerprint density at radius 3 is 2.42 bits per heavy atom. The normalized spacial score (nSPS) is 11.5. The molecule has 0 radical (unpaired) electrons. The first-order valence-corrected chi connectivity index (χ1v) is 7.42. The predicted molar refractivity (Wildman–Crippen MR) is 90.0 cm³/mol. The van der Waals surface area contributed by atoms with Gasteiger partial charge in [-0.25, -0.2) is 0 Å². The van der Waals surface area contributed by atoms with Gasteiger partial charge in [0.2, 0.25) is 5.91 Å². The SMILES string of the molecule is COc1ccc(C(N)CC(=O)NC(=O)c2ccccc2)c(OC)c1. The van der Waals surface area contributed by atoms with Crippen molar-refractivity contribution in [2.24, 2.45) is 5.73 Å². The largest absolute Gasteiger partial charge is 0.497 e. The van der Waals surface area contributed by atoms with Crippen molar-refractivity contribution in [2.45, 2.75) is 12.5 Å². The van der Waals surface area contributed by atoms with Crippen LogP contribution < -0.4 is 20.5 Å². The van der Waals surface area contributed by atoms with Crippen LogP contribution in [-0.4, -0.2) is 26.0 Å². The topological polar surface area (TPSA) is 90.6 Å². The molecule has 0 saturated carbocycles. The molecule has 0 bridgehead atoms. The predicted octanol–water partition coefficient (Wildman–Crippen LogP) is 2.05. The summed E-state index contributed by atoms with van der Waals surface area (Å²) in [6, 6.07) is 13.1. The molecule has 0 fully saturated rings. The lowest BCUT2D eigenvalue weighted by Gasteiger charge is -2.16. The molecule has 2 amide bonds. The number of hydrogen-bond acceptors (Lipinski definition) is 5. The van der Waals surface area contributed by atoms with E-state index >= 15 is 0 Å². The Kier molecular flexibility index (Phi) is 5.92. The first kappa shape index (κ1) is 17.5. The molecule has 0 saturated heterocycles. The Morgan fingerprint density at radius 1 is 1.08 bits per heavy atom. The maximum absolute atomic E-state index is 12.1. The zero-order valence-corrected chi connectivity index (χ0v) is 13.6. The number of carbonyl (C=O) groups excluding carboxylic acids is 2. The van der Waals surface area contributed by atoms with Gasteiger partial charge in [-0.3, -0.25) is 14.9 Å². The van der Waals surface area contributed by atoms with E-state index in [4.69, 9.17) is 15.2 Å². The van der Waals surface area contributed by atoms with Gasteiger partial charge in [0.05, 0.1) is 14.2 Å². The van der Waals surface area contributed by atoms with Crippen LogP contribution >= 0.6 is 0 Å². The van der Waals surface area contributed by atoms with Gasteiger partial charge in [0.1, 0.15) is 11.5 Å². The van der Waals surface area contributed by atoms with Crippen molar-refractivity contribution in [3.05, 3.63) is 59.7 Å². The van der Waals surface area contributed by atoms with Crippen LogP contribution in [0.5, 0.6) is 11.5 Å². The van der Waals surface area contributed by atoms with Gasteiger partial charge in [0.15, 0.2) is 0 Å². The Bertz CT molecular complexity index is 716.